The molecule has 0 unspecified atom stereocenters. The highest BCUT2D eigenvalue weighted by Gasteiger charge is 2.08. The highest BCUT2D eigenvalue weighted by Crippen LogP contribution is 2.16. The lowest BCUT2D eigenvalue weighted by Crippen LogP contribution is -2.15. The third-order valence-electron chi connectivity index (χ3n) is 2.07. The molecule has 16 heavy (non-hydrogen) atoms. The third-order valence-corrected chi connectivity index (χ3v) is 2.47. The number of hydrogen-bond donors (Lipinski definition) is 1. The van der Waals surface area contributed by atoms with Gasteiger partial charge in [0.25, 0.3) is 0 Å². The lowest BCUT2D eigenvalue weighted by atomic mass is 10.3. The number of allylic oxidation sites excluding steroid dienone is 2. The van der Waals surface area contributed by atoms with E-state index in [9.17, 15) is 4.79 Å². The van der Waals surface area contributed by atoms with Crippen LogP contribution < -0.4 is 5.69 Å². The molecule has 1 aromatic heterocycles. The van der Waals surface area contributed by atoms with Crippen molar-refractivity contribution >= 4 is 26.4 Å². The molecule has 0 aliphatic heterocycles. The standard InChI is InChI=1S/C11H16BrN3O/c1-5-15-10(8(4)13-11(15)16)14-9(12)6-7(2)3/h6H,5H2,1-4H3,(H,13,16). The van der Waals surface area contributed by atoms with E-state index in [0.717, 1.165) is 15.9 Å². The lowest BCUT2D eigenvalue weighted by Gasteiger charge is -2.00. The van der Waals surface area contributed by atoms with E-state index in [1.807, 2.05) is 33.8 Å². The van der Waals surface area contributed by atoms with Crippen molar-refractivity contribution in [1.29, 1.82) is 0 Å². The van der Waals surface area contributed by atoms with Gasteiger partial charge in [0.05, 0.1) is 5.69 Å². The van der Waals surface area contributed by atoms with Crippen molar-refractivity contribution in [2.45, 2.75) is 34.2 Å². The van der Waals surface area contributed by atoms with Gasteiger partial charge < -0.3 is 4.98 Å². The van der Waals surface area contributed by atoms with Gasteiger partial charge in [-0.1, -0.05) is 5.57 Å². The average molecular weight is 286 g/mol. The van der Waals surface area contributed by atoms with Crippen molar-refractivity contribution in [3.63, 3.8) is 0 Å². The first kappa shape index (κ1) is 13.0. The number of nitrogens with one attached hydrogen (secondary N) is 1. The van der Waals surface area contributed by atoms with Crippen LogP contribution in [0, 0.1) is 6.92 Å². The van der Waals surface area contributed by atoms with Crippen LogP contribution in [-0.4, -0.2) is 14.2 Å². The normalized spacial score (nSPS) is 11.7. The van der Waals surface area contributed by atoms with Crippen LogP contribution >= 0.6 is 15.9 Å². The topological polar surface area (TPSA) is 50.1 Å². The number of imidazole rings is 1. The van der Waals surface area contributed by atoms with E-state index < -0.39 is 0 Å². The summed E-state index contributed by atoms with van der Waals surface area (Å²) >= 11 is 3.37. The SMILES string of the molecule is CCn1c(N=C(Br)C=C(C)C)c(C)[nH]c1=O. The summed E-state index contributed by atoms with van der Waals surface area (Å²) in [6.07, 6.45) is 1.91. The number of aromatic amines is 1. The fourth-order valence-electron chi connectivity index (χ4n) is 1.39. The lowest BCUT2D eigenvalue weighted by molar-refractivity contribution is 0.733. The largest absolute Gasteiger partial charge is 0.327 e. The predicted molar refractivity (Wildman–Crippen MR) is 70.9 cm³/mol. The van der Waals surface area contributed by atoms with Crippen LogP contribution in [0.4, 0.5) is 5.82 Å². The summed E-state index contributed by atoms with van der Waals surface area (Å²) in [6, 6.07) is 0. The molecule has 0 amide bonds. The van der Waals surface area contributed by atoms with Gasteiger partial charge in [-0.25, -0.2) is 9.79 Å². The number of H-pyrrole nitrogens is 1. The summed E-state index contributed by atoms with van der Waals surface area (Å²) in [6.45, 7) is 8.36. The molecular weight excluding hydrogens is 270 g/mol. The second-order valence-electron chi connectivity index (χ2n) is 3.78. The molecule has 0 saturated heterocycles. The van der Waals surface area contributed by atoms with E-state index in [0.29, 0.717) is 12.4 Å². The molecule has 0 fully saturated rings. The Hall–Kier alpha value is -1.10. The van der Waals surface area contributed by atoms with Crippen molar-refractivity contribution < 1.29 is 0 Å². The van der Waals surface area contributed by atoms with Gasteiger partial charge in [-0.3, -0.25) is 4.57 Å². The van der Waals surface area contributed by atoms with Crippen LogP contribution in [0.5, 0.6) is 0 Å². The summed E-state index contributed by atoms with van der Waals surface area (Å²) in [5, 5.41) is 0. The molecule has 0 spiro atoms. The van der Waals surface area contributed by atoms with Crippen LogP contribution in [0.25, 0.3) is 0 Å². The van der Waals surface area contributed by atoms with Crippen molar-refractivity contribution in [1.82, 2.24) is 9.55 Å². The van der Waals surface area contributed by atoms with E-state index >= 15 is 0 Å². The predicted octanol–water partition coefficient (Wildman–Crippen LogP) is 2.90. The monoisotopic (exact) mass is 285 g/mol. The zero-order valence-corrected chi connectivity index (χ0v) is 11.6. The van der Waals surface area contributed by atoms with Gasteiger partial charge in [-0.05, 0) is 49.7 Å². The maximum atomic E-state index is 11.5. The van der Waals surface area contributed by atoms with Gasteiger partial charge in [-0.15, -0.1) is 0 Å². The highest BCUT2D eigenvalue weighted by molar-refractivity contribution is 9.18. The minimum atomic E-state index is -0.115. The minimum Gasteiger partial charge on any atom is -0.308 e. The molecule has 88 valence electrons. The fourth-order valence-corrected chi connectivity index (χ4v) is 2.02. The second-order valence-corrected chi connectivity index (χ2v) is 4.59. The molecule has 0 radical (unpaired) electrons. The van der Waals surface area contributed by atoms with Gasteiger partial charge in [-0.2, -0.15) is 0 Å². The zero-order chi connectivity index (χ0) is 12.3. The number of hydrogen-bond acceptors (Lipinski definition) is 2. The van der Waals surface area contributed by atoms with Gasteiger partial charge >= 0.3 is 5.69 Å². The summed E-state index contributed by atoms with van der Waals surface area (Å²) in [5.41, 5.74) is 1.82. The molecule has 0 aliphatic rings. The molecule has 0 bridgehead atoms. The van der Waals surface area contributed by atoms with Crippen LogP contribution in [0.15, 0.2) is 21.4 Å². The molecule has 1 N–H and O–H groups in total. The minimum absolute atomic E-state index is 0.115. The molecule has 4 nitrogen and oxygen atoms in total. The van der Waals surface area contributed by atoms with Crippen LogP contribution in [0.1, 0.15) is 26.5 Å². The van der Waals surface area contributed by atoms with Gasteiger partial charge in [0, 0.05) is 6.54 Å². The highest BCUT2D eigenvalue weighted by atomic mass is 79.9. The maximum absolute atomic E-state index is 11.5. The molecule has 0 aliphatic carbocycles. The molecule has 5 heteroatoms. The Bertz CT molecular complexity index is 490. The van der Waals surface area contributed by atoms with Crippen molar-refractivity contribution in [2.75, 3.05) is 0 Å². The summed E-state index contributed by atoms with van der Waals surface area (Å²) < 4.78 is 2.33. The maximum Gasteiger partial charge on any atom is 0.327 e. The van der Waals surface area contributed by atoms with Crippen molar-refractivity contribution in [3.8, 4) is 0 Å². The Morgan fingerprint density at radius 2 is 2.19 bits per heavy atom. The smallest absolute Gasteiger partial charge is 0.308 e. The molecule has 0 atom stereocenters. The van der Waals surface area contributed by atoms with Crippen molar-refractivity contribution in [2.24, 2.45) is 4.99 Å². The number of aliphatic imine (C=N–C) groups is 1. The van der Waals surface area contributed by atoms with Gasteiger partial charge in [0.1, 0.15) is 4.62 Å². The van der Waals surface area contributed by atoms with E-state index in [2.05, 4.69) is 25.9 Å². The first-order valence-corrected chi connectivity index (χ1v) is 5.93. The van der Waals surface area contributed by atoms with E-state index in [1.165, 1.54) is 0 Å². The van der Waals surface area contributed by atoms with Gasteiger partial charge in [0.15, 0.2) is 5.82 Å². The first-order valence-electron chi connectivity index (χ1n) is 5.14. The Morgan fingerprint density at radius 3 is 2.69 bits per heavy atom. The molecule has 0 aromatic carbocycles. The third kappa shape index (κ3) is 2.95. The van der Waals surface area contributed by atoms with Gasteiger partial charge in [0.2, 0.25) is 0 Å². The molecule has 1 heterocycles. The molecular formula is C11H16BrN3O. The summed E-state index contributed by atoms with van der Waals surface area (Å²) in [5.74, 6) is 0.678. The Morgan fingerprint density at radius 1 is 1.56 bits per heavy atom. The first-order chi connectivity index (χ1) is 7.45. The van der Waals surface area contributed by atoms with Crippen LogP contribution in [0.3, 0.4) is 0 Å². The van der Waals surface area contributed by atoms with E-state index in [-0.39, 0.29) is 5.69 Å². The number of halogens is 1. The van der Waals surface area contributed by atoms with Crippen molar-refractivity contribution in [3.05, 3.63) is 27.8 Å². The number of rotatable bonds is 3. The quantitative estimate of drug-likeness (QED) is 0.853. The van der Waals surface area contributed by atoms with Crippen LogP contribution in [0.2, 0.25) is 0 Å². The van der Waals surface area contributed by atoms with E-state index in [4.69, 9.17) is 0 Å². The number of nitrogens with zero attached hydrogens (tertiary/aromatic N) is 2. The Labute approximate surface area is 103 Å². The fraction of sp³-hybridized carbons (Fsp3) is 0.455. The molecule has 0 saturated carbocycles. The second kappa shape index (κ2) is 5.30. The Kier molecular flexibility index (Phi) is 4.29. The number of aromatic nitrogens is 2. The zero-order valence-electron chi connectivity index (χ0n) is 9.97. The molecule has 1 rings (SSSR count). The molecule has 1 aromatic rings. The van der Waals surface area contributed by atoms with Crippen LogP contribution in [-0.2, 0) is 6.54 Å². The van der Waals surface area contributed by atoms with E-state index in [1.54, 1.807) is 4.57 Å². The number of aryl methyl sites for hydroxylation is 1. The average Bonchev–Trinajstić information content (AvgIpc) is 2.40. The Balaban J connectivity index is 3.24. The summed E-state index contributed by atoms with van der Waals surface area (Å²) in [4.78, 5) is 18.6. The summed E-state index contributed by atoms with van der Waals surface area (Å²) in [7, 11) is 0.